The van der Waals surface area contributed by atoms with Gasteiger partial charge in [-0.1, -0.05) is 18.2 Å². The third-order valence-corrected chi connectivity index (χ3v) is 5.48. The summed E-state index contributed by atoms with van der Waals surface area (Å²) in [6, 6.07) is 5.55. The molecule has 1 aromatic heterocycles. The highest BCUT2D eigenvalue weighted by Crippen LogP contribution is 2.29. The van der Waals surface area contributed by atoms with Gasteiger partial charge in [0.25, 0.3) is 0 Å². The van der Waals surface area contributed by atoms with E-state index < -0.39 is 11.7 Å². The first-order valence-corrected chi connectivity index (χ1v) is 10.1. The first-order valence-electron chi connectivity index (χ1n) is 10.1. The van der Waals surface area contributed by atoms with Crippen molar-refractivity contribution in [1.29, 1.82) is 0 Å². The van der Waals surface area contributed by atoms with Crippen LogP contribution in [-0.2, 0) is 23.9 Å². The van der Waals surface area contributed by atoms with E-state index in [-0.39, 0.29) is 5.91 Å². The number of aryl methyl sites for hydroxylation is 1. The van der Waals surface area contributed by atoms with Crippen molar-refractivity contribution in [2.24, 2.45) is 5.92 Å². The highest BCUT2D eigenvalue weighted by atomic mass is 19.4. The molecule has 2 heterocycles. The number of likely N-dealkylation sites (tertiary alicyclic amines) is 1. The van der Waals surface area contributed by atoms with Gasteiger partial charge in [-0.2, -0.15) is 13.2 Å². The zero-order valence-electron chi connectivity index (χ0n) is 17.1. The van der Waals surface area contributed by atoms with Crippen molar-refractivity contribution in [2.45, 2.75) is 38.4 Å². The van der Waals surface area contributed by atoms with E-state index >= 15 is 0 Å². The van der Waals surface area contributed by atoms with Crippen LogP contribution < -0.4 is 0 Å². The predicted molar refractivity (Wildman–Crippen MR) is 104 cm³/mol. The van der Waals surface area contributed by atoms with Gasteiger partial charge in [0.2, 0.25) is 5.91 Å². The average Bonchev–Trinajstić information content (AvgIpc) is 3.24. The number of carbonyl (C=O) groups is 1. The molecule has 7 nitrogen and oxygen atoms in total. The van der Waals surface area contributed by atoms with E-state index in [1.54, 1.807) is 11.0 Å². The van der Waals surface area contributed by atoms with Gasteiger partial charge in [0.15, 0.2) is 0 Å². The number of nitrogens with zero attached hydrogens (tertiary/aromatic N) is 6. The quantitative estimate of drug-likeness (QED) is 0.652. The predicted octanol–water partition coefficient (Wildman–Crippen LogP) is 2.50. The van der Waals surface area contributed by atoms with E-state index in [0.29, 0.717) is 37.4 Å². The minimum absolute atomic E-state index is 0.0478. The van der Waals surface area contributed by atoms with E-state index in [0.717, 1.165) is 38.5 Å². The summed E-state index contributed by atoms with van der Waals surface area (Å²) in [6.45, 7) is 3.63. The summed E-state index contributed by atoms with van der Waals surface area (Å²) in [5, 5.41) is 10.9. The summed E-state index contributed by atoms with van der Waals surface area (Å²) in [5.41, 5.74) is 0.0974. The number of rotatable bonds is 8. The number of tetrazole rings is 1. The molecule has 1 amide bonds. The Hall–Kier alpha value is -2.49. The second-order valence-corrected chi connectivity index (χ2v) is 7.85. The van der Waals surface area contributed by atoms with Crippen molar-refractivity contribution in [2.75, 3.05) is 33.2 Å². The van der Waals surface area contributed by atoms with Gasteiger partial charge < -0.3 is 9.80 Å². The molecule has 30 heavy (non-hydrogen) atoms. The minimum Gasteiger partial charge on any atom is -0.345 e. The smallest absolute Gasteiger partial charge is 0.345 e. The normalized spacial score (nSPS) is 17.8. The van der Waals surface area contributed by atoms with Crippen molar-refractivity contribution in [3.8, 4) is 0 Å². The Morgan fingerprint density at radius 2 is 2.13 bits per heavy atom. The molecule has 1 atom stereocenters. The van der Waals surface area contributed by atoms with Gasteiger partial charge in [0, 0.05) is 33.1 Å². The van der Waals surface area contributed by atoms with Crippen LogP contribution in [0.15, 0.2) is 30.6 Å². The monoisotopic (exact) mass is 424 g/mol. The van der Waals surface area contributed by atoms with Gasteiger partial charge in [-0.05, 0) is 53.8 Å². The van der Waals surface area contributed by atoms with Crippen LogP contribution in [0.1, 0.15) is 30.4 Å². The summed E-state index contributed by atoms with van der Waals surface area (Å²) in [6.07, 6.45) is 0.167. The molecule has 0 bridgehead atoms. The lowest BCUT2D eigenvalue weighted by Crippen LogP contribution is -2.42. The molecule has 10 heteroatoms. The Bertz CT molecular complexity index is 811. The molecule has 0 aliphatic carbocycles. The van der Waals surface area contributed by atoms with Crippen LogP contribution in [0.25, 0.3) is 0 Å². The van der Waals surface area contributed by atoms with Crippen molar-refractivity contribution in [3.63, 3.8) is 0 Å². The molecular formula is C20H27F3N6O. The summed E-state index contributed by atoms with van der Waals surface area (Å²) in [5.74, 6) is 0.411. The largest absolute Gasteiger partial charge is 0.416 e. The summed E-state index contributed by atoms with van der Waals surface area (Å²) >= 11 is 0. The van der Waals surface area contributed by atoms with Crippen LogP contribution in [0.5, 0.6) is 0 Å². The Morgan fingerprint density at radius 1 is 1.30 bits per heavy atom. The number of benzene rings is 1. The molecule has 1 aliphatic rings. The number of piperidine rings is 1. The van der Waals surface area contributed by atoms with Crippen LogP contribution in [0.4, 0.5) is 13.2 Å². The number of aromatic nitrogens is 4. The number of amides is 1. The summed E-state index contributed by atoms with van der Waals surface area (Å²) in [4.78, 5) is 16.4. The molecule has 1 unspecified atom stereocenters. The van der Waals surface area contributed by atoms with Gasteiger partial charge in [-0.3, -0.25) is 4.79 Å². The van der Waals surface area contributed by atoms with Gasteiger partial charge in [0.1, 0.15) is 6.33 Å². The average molecular weight is 424 g/mol. The lowest BCUT2D eigenvalue weighted by molar-refractivity contribution is -0.137. The second-order valence-electron chi connectivity index (χ2n) is 7.85. The zero-order valence-corrected chi connectivity index (χ0v) is 17.1. The topological polar surface area (TPSA) is 67.2 Å². The van der Waals surface area contributed by atoms with Gasteiger partial charge in [-0.15, -0.1) is 5.10 Å². The lowest BCUT2D eigenvalue weighted by atomic mass is 9.97. The van der Waals surface area contributed by atoms with E-state index in [4.69, 9.17) is 0 Å². The SMILES string of the molecule is CN(CC1CCCN(CCc2cccc(C(F)(F)F)c2)C1)C(=O)CCn1cnnn1. The maximum Gasteiger partial charge on any atom is 0.416 e. The third kappa shape index (κ3) is 6.51. The van der Waals surface area contributed by atoms with E-state index in [1.165, 1.54) is 23.1 Å². The molecule has 1 saturated heterocycles. The number of hydrogen-bond acceptors (Lipinski definition) is 5. The van der Waals surface area contributed by atoms with E-state index in [9.17, 15) is 18.0 Å². The van der Waals surface area contributed by atoms with Crippen LogP contribution in [0, 0.1) is 5.92 Å². The first-order chi connectivity index (χ1) is 14.3. The summed E-state index contributed by atoms with van der Waals surface area (Å²) < 4.78 is 40.2. The molecule has 0 spiro atoms. The zero-order chi connectivity index (χ0) is 21.6. The number of hydrogen-bond donors (Lipinski definition) is 0. The molecule has 0 saturated carbocycles. The Morgan fingerprint density at radius 3 is 2.87 bits per heavy atom. The van der Waals surface area contributed by atoms with Crippen LogP contribution >= 0.6 is 0 Å². The van der Waals surface area contributed by atoms with E-state index in [1.807, 2.05) is 7.05 Å². The van der Waals surface area contributed by atoms with Crippen molar-refractivity contribution >= 4 is 5.91 Å². The Labute approximate surface area is 173 Å². The lowest BCUT2D eigenvalue weighted by Gasteiger charge is -2.34. The van der Waals surface area contributed by atoms with Crippen molar-refractivity contribution < 1.29 is 18.0 Å². The maximum absolute atomic E-state index is 12.9. The highest BCUT2D eigenvalue weighted by Gasteiger charge is 2.30. The van der Waals surface area contributed by atoms with E-state index in [2.05, 4.69) is 20.4 Å². The molecule has 1 aromatic carbocycles. The second kappa shape index (κ2) is 10.0. The molecular weight excluding hydrogens is 397 g/mol. The third-order valence-electron chi connectivity index (χ3n) is 5.48. The highest BCUT2D eigenvalue weighted by molar-refractivity contribution is 5.75. The maximum atomic E-state index is 12.9. The number of halogens is 3. The minimum atomic E-state index is -4.31. The molecule has 164 valence electrons. The van der Waals surface area contributed by atoms with Crippen LogP contribution in [0.3, 0.4) is 0 Å². The fourth-order valence-corrected chi connectivity index (χ4v) is 3.87. The summed E-state index contributed by atoms with van der Waals surface area (Å²) in [7, 11) is 1.81. The fraction of sp³-hybridized carbons (Fsp3) is 0.600. The van der Waals surface area contributed by atoms with Gasteiger partial charge >= 0.3 is 6.18 Å². The van der Waals surface area contributed by atoms with Crippen molar-refractivity contribution in [1.82, 2.24) is 30.0 Å². The Kier molecular flexibility index (Phi) is 7.41. The molecule has 0 radical (unpaired) electrons. The molecule has 3 rings (SSSR count). The van der Waals surface area contributed by atoms with Gasteiger partial charge in [-0.25, -0.2) is 4.68 Å². The number of carbonyl (C=O) groups excluding carboxylic acids is 1. The van der Waals surface area contributed by atoms with Gasteiger partial charge in [0.05, 0.1) is 12.1 Å². The standard InChI is InChI=1S/C20H27F3N6O/c1-27(19(30)8-11-29-15-24-25-26-29)13-17-5-3-9-28(14-17)10-7-16-4-2-6-18(12-16)20(21,22)23/h2,4,6,12,15,17H,3,5,7-11,13-14H2,1H3. The first kappa shape index (κ1) is 22.2. The van der Waals surface area contributed by atoms with Crippen LogP contribution in [-0.4, -0.2) is 69.1 Å². The Balaban J connectivity index is 1.44. The van der Waals surface area contributed by atoms with Crippen molar-refractivity contribution in [3.05, 3.63) is 41.7 Å². The fourth-order valence-electron chi connectivity index (χ4n) is 3.87. The van der Waals surface area contributed by atoms with Crippen LogP contribution in [0.2, 0.25) is 0 Å². The number of alkyl halides is 3. The molecule has 2 aromatic rings. The molecule has 1 fully saturated rings. The molecule has 0 N–H and O–H groups in total. The molecule has 1 aliphatic heterocycles.